The van der Waals surface area contributed by atoms with E-state index < -0.39 is 0 Å². The predicted molar refractivity (Wildman–Crippen MR) is 72.0 cm³/mol. The van der Waals surface area contributed by atoms with Crippen molar-refractivity contribution in [3.63, 3.8) is 0 Å². The van der Waals surface area contributed by atoms with Gasteiger partial charge in [0, 0.05) is 20.4 Å². The second-order valence-electron chi connectivity index (χ2n) is 3.73. The predicted octanol–water partition coefficient (Wildman–Crippen LogP) is 4.83. The average Bonchev–Trinajstić information content (AvgIpc) is 2.33. The smallest absolute Gasteiger partial charge is 0.160 e. The first kappa shape index (κ1) is 13.1. The number of Topliss-reactive ketones (excluding diaryl/α,β-unsaturated/α-hetero) is 1. The maximum Gasteiger partial charge on any atom is 0.160 e. The van der Waals surface area contributed by atoms with E-state index in [2.05, 4.69) is 0 Å². The third-order valence-electron chi connectivity index (χ3n) is 2.38. The molecule has 4 heteroatoms. The van der Waals surface area contributed by atoms with E-state index in [9.17, 15) is 9.18 Å². The van der Waals surface area contributed by atoms with Crippen molar-refractivity contribution in [3.05, 3.63) is 58.9 Å². The normalized spacial score (nSPS) is 10.4. The lowest BCUT2D eigenvalue weighted by molar-refractivity contribution is 0.101. The number of benzene rings is 2. The van der Waals surface area contributed by atoms with Crippen molar-refractivity contribution in [2.24, 2.45) is 0 Å². The quantitative estimate of drug-likeness (QED) is 0.749. The van der Waals surface area contributed by atoms with Gasteiger partial charge in [-0.1, -0.05) is 41.6 Å². The lowest BCUT2D eigenvalue weighted by atomic mass is 10.1. The van der Waals surface area contributed by atoms with Gasteiger partial charge in [0.1, 0.15) is 5.82 Å². The van der Waals surface area contributed by atoms with Crippen molar-refractivity contribution >= 4 is 29.1 Å². The maximum atomic E-state index is 13.7. The standard InChI is InChI=1S/C14H10ClFOS/c1-9(17)11-4-2-3-5-13(11)18-14-7-6-10(15)8-12(14)16/h2-8H,1H3. The summed E-state index contributed by atoms with van der Waals surface area (Å²) in [5.41, 5.74) is 0.594. The fourth-order valence-corrected chi connectivity index (χ4v) is 2.68. The van der Waals surface area contributed by atoms with Gasteiger partial charge in [0.25, 0.3) is 0 Å². The highest BCUT2D eigenvalue weighted by molar-refractivity contribution is 7.99. The Morgan fingerprint density at radius 1 is 1.17 bits per heavy atom. The van der Waals surface area contributed by atoms with Crippen LogP contribution in [-0.4, -0.2) is 5.78 Å². The summed E-state index contributed by atoms with van der Waals surface area (Å²) in [7, 11) is 0. The van der Waals surface area contributed by atoms with Crippen LogP contribution in [0, 0.1) is 5.82 Å². The Kier molecular flexibility index (Phi) is 4.04. The zero-order valence-corrected chi connectivity index (χ0v) is 11.2. The molecule has 1 nitrogen and oxygen atoms in total. The largest absolute Gasteiger partial charge is 0.294 e. The van der Waals surface area contributed by atoms with Gasteiger partial charge >= 0.3 is 0 Å². The van der Waals surface area contributed by atoms with Crippen molar-refractivity contribution in [1.29, 1.82) is 0 Å². The molecule has 0 aromatic heterocycles. The minimum absolute atomic E-state index is 0.0347. The topological polar surface area (TPSA) is 17.1 Å². The zero-order valence-electron chi connectivity index (χ0n) is 9.61. The molecule has 2 aromatic rings. The Bertz CT molecular complexity index is 598. The summed E-state index contributed by atoms with van der Waals surface area (Å²) in [6.07, 6.45) is 0. The van der Waals surface area contributed by atoms with Crippen LogP contribution in [0.3, 0.4) is 0 Å². The third kappa shape index (κ3) is 2.92. The van der Waals surface area contributed by atoms with Crippen molar-refractivity contribution in [2.45, 2.75) is 16.7 Å². The molecular formula is C14H10ClFOS. The second-order valence-corrected chi connectivity index (χ2v) is 5.25. The molecule has 0 aliphatic carbocycles. The van der Waals surface area contributed by atoms with Gasteiger partial charge in [0.2, 0.25) is 0 Å². The van der Waals surface area contributed by atoms with Crippen LogP contribution >= 0.6 is 23.4 Å². The molecule has 0 aliphatic rings. The Morgan fingerprint density at radius 3 is 2.56 bits per heavy atom. The fraction of sp³-hybridized carbons (Fsp3) is 0.0714. The maximum absolute atomic E-state index is 13.7. The molecule has 0 bridgehead atoms. The van der Waals surface area contributed by atoms with E-state index >= 15 is 0 Å². The molecule has 18 heavy (non-hydrogen) atoms. The molecule has 0 spiro atoms. The highest BCUT2D eigenvalue weighted by Gasteiger charge is 2.10. The molecule has 2 aromatic carbocycles. The van der Waals surface area contributed by atoms with Gasteiger partial charge in [0.05, 0.1) is 0 Å². The van der Waals surface area contributed by atoms with Crippen LogP contribution in [0.2, 0.25) is 5.02 Å². The molecule has 0 atom stereocenters. The van der Waals surface area contributed by atoms with Crippen molar-refractivity contribution in [1.82, 2.24) is 0 Å². The van der Waals surface area contributed by atoms with Crippen molar-refractivity contribution < 1.29 is 9.18 Å². The number of hydrogen-bond acceptors (Lipinski definition) is 2. The molecule has 0 fully saturated rings. The van der Waals surface area contributed by atoms with E-state index in [0.29, 0.717) is 15.5 Å². The summed E-state index contributed by atoms with van der Waals surface area (Å²) in [5, 5.41) is 0.358. The number of carbonyl (C=O) groups is 1. The van der Waals surface area contributed by atoms with Crippen LogP contribution in [0.4, 0.5) is 4.39 Å². The Hall–Kier alpha value is -1.32. The minimum Gasteiger partial charge on any atom is -0.294 e. The van der Waals surface area contributed by atoms with Gasteiger partial charge in [-0.25, -0.2) is 4.39 Å². The lowest BCUT2D eigenvalue weighted by Crippen LogP contribution is -1.94. The summed E-state index contributed by atoms with van der Waals surface area (Å²) in [5.74, 6) is -0.418. The SMILES string of the molecule is CC(=O)c1ccccc1Sc1ccc(Cl)cc1F. The molecule has 0 unspecified atom stereocenters. The minimum atomic E-state index is -0.383. The van der Waals surface area contributed by atoms with E-state index in [1.165, 1.54) is 24.8 Å². The third-order valence-corrected chi connectivity index (χ3v) is 3.74. The van der Waals surface area contributed by atoms with Gasteiger partial charge in [-0.2, -0.15) is 0 Å². The van der Waals surface area contributed by atoms with Crippen LogP contribution in [-0.2, 0) is 0 Å². The second kappa shape index (κ2) is 5.55. The average molecular weight is 281 g/mol. The molecule has 0 radical (unpaired) electrons. The summed E-state index contributed by atoms with van der Waals surface area (Å²) in [4.78, 5) is 12.7. The first-order chi connectivity index (χ1) is 8.58. The van der Waals surface area contributed by atoms with E-state index in [-0.39, 0.29) is 11.6 Å². The van der Waals surface area contributed by atoms with E-state index in [1.54, 1.807) is 30.3 Å². The number of halogens is 2. The fourth-order valence-electron chi connectivity index (χ4n) is 1.52. The molecule has 92 valence electrons. The molecular weight excluding hydrogens is 271 g/mol. The first-order valence-electron chi connectivity index (χ1n) is 5.31. The molecule has 0 amide bonds. The molecule has 0 N–H and O–H groups in total. The molecule has 0 saturated heterocycles. The van der Waals surface area contributed by atoms with Crippen LogP contribution < -0.4 is 0 Å². The number of ketones is 1. The van der Waals surface area contributed by atoms with E-state index in [0.717, 1.165) is 4.90 Å². The number of carbonyl (C=O) groups excluding carboxylic acids is 1. The van der Waals surface area contributed by atoms with Gasteiger partial charge in [-0.3, -0.25) is 4.79 Å². The van der Waals surface area contributed by atoms with Crippen LogP contribution in [0.25, 0.3) is 0 Å². The summed E-state index contributed by atoms with van der Waals surface area (Å²) in [6, 6.07) is 11.7. The van der Waals surface area contributed by atoms with Gasteiger partial charge in [0.15, 0.2) is 5.78 Å². The van der Waals surface area contributed by atoms with Crippen molar-refractivity contribution in [3.8, 4) is 0 Å². The molecule has 0 aliphatic heterocycles. The highest BCUT2D eigenvalue weighted by Crippen LogP contribution is 2.33. The number of rotatable bonds is 3. The van der Waals surface area contributed by atoms with Crippen molar-refractivity contribution in [2.75, 3.05) is 0 Å². The first-order valence-corrected chi connectivity index (χ1v) is 6.50. The summed E-state index contributed by atoms with van der Waals surface area (Å²) >= 11 is 6.92. The Morgan fingerprint density at radius 2 is 1.89 bits per heavy atom. The molecule has 2 rings (SSSR count). The highest BCUT2D eigenvalue weighted by atomic mass is 35.5. The Labute approximate surface area is 114 Å². The van der Waals surface area contributed by atoms with Crippen LogP contribution in [0.15, 0.2) is 52.3 Å². The summed E-state index contributed by atoms with van der Waals surface area (Å²) in [6.45, 7) is 1.50. The van der Waals surface area contributed by atoms with Gasteiger partial charge < -0.3 is 0 Å². The summed E-state index contributed by atoms with van der Waals surface area (Å²) < 4.78 is 13.7. The van der Waals surface area contributed by atoms with Crippen LogP contribution in [0.1, 0.15) is 17.3 Å². The number of hydrogen-bond donors (Lipinski definition) is 0. The van der Waals surface area contributed by atoms with E-state index in [4.69, 9.17) is 11.6 Å². The lowest BCUT2D eigenvalue weighted by Gasteiger charge is -2.07. The monoisotopic (exact) mass is 280 g/mol. The molecule has 0 saturated carbocycles. The zero-order chi connectivity index (χ0) is 13.1. The van der Waals surface area contributed by atoms with E-state index in [1.807, 2.05) is 6.07 Å². The van der Waals surface area contributed by atoms with Gasteiger partial charge in [-0.15, -0.1) is 0 Å². The van der Waals surface area contributed by atoms with Gasteiger partial charge in [-0.05, 0) is 31.2 Å². The Balaban J connectivity index is 2.37. The molecule has 0 heterocycles. The van der Waals surface area contributed by atoms with Crippen LogP contribution in [0.5, 0.6) is 0 Å².